The smallest absolute Gasteiger partial charge is 0.0462 e. The molecule has 2 atom stereocenters. The molecule has 0 aliphatic heterocycles. The average Bonchev–Trinajstić information content (AvgIpc) is 2.52. The monoisotopic (exact) mass is 169 g/mol. The lowest BCUT2D eigenvalue weighted by Crippen LogP contribution is -2.26. The van der Waals surface area contributed by atoms with Crippen molar-refractivity contribution in [2.75, 3.05) is 19.7 Å². The largest absolute Gasteiger partial charge is 0.396 e. The van der Waals surface area contributed by atoms with Gasteiger partial charge in [-0.15, -0.1) is 6.58 Å². The zero-order valence-electron chi connectivity index (χ0n) is 7.63. The molecule has 12 heavy (non-hydrogen) atoms. The molecule has 1 saturated carbocycles. The van der Waals surface area contributed by atoms with Crippen molar-refractivity contribution in [1.29, 1.82) is 0 Å². The van der Waals surface area contributed by atoms with Gasteiger partial charge in [-0.2, -0.15) is 0 Å². The highest BCUT2D eigenvalue weighted by atomic mass is 16.3. The third-order valence-corrected chi connectivity index (χ3v) is 2.75. The molecule has 2 unspecified atom stereocenters. The topological polar surface area (TPSA) is 32.3 Å². The number of aliphatic hydroxyl groups excluding tert-OH is 1. The van der Waals surface area contributed by atoms with Crippen LogP contribution in [0.4, 0.5) is 0 Å². The number of hydrogen-bond donors (Lipinski definition) is 2. The first kappa shape index (κ1) is 9.75. The Labute approximate surface area is 74.7 Å². The number of hydrogen-bond acceptors (Lipinski definition) is 2. The van der Waals surface area contributed by atoms with Crippen molar-refractivity contribution in [3.8, 4) is 0 Å². The lowest BCUT2D eigenvalue weighted by molar-refractivity contribution is 0.193. The average molecular weight is 169 g/mol. The Balaban J connectivity index is 2.16. The Kier molecular flexibility index (Phi) is 4.33. The quantitative estimate of drug-likeness (QED) is 0.478. The van der Waals surface area contributed by atoms with Crippen molar-refractivity contribution in [3.63, 3.8) is 0 Å². The van der Waals surface area contributed by atoms with Gasteiger partial charge in [0.25, 0.3) is 0 Å². The van der Waals surface area contributed by atoms with Crippen LogP contribution in [0.3, 0.4) is 0 Å². The van der Waals surface area contributed by atoms with Crippen LogP contribution in [-0.2, 0) is 0 Å². The highest BCUT2D eigenvalue weighted by molar-refractivity contribution is 4.80. The molecule has 0 heterocycles. The molecule has 0 amide bonds. The van der Waals surface area contributed by atoms with E-state index in [2.05, 4.69) is 11.9 Å². The fourth-order valence-corrected chi connectivity index (χ4v) is 1.99. The van der Waals surface area contributed by atoms with Gasteiger partial charge in [-0.1, -0.05) is 12.5 Å². The third-order valence-electron chi connectivity index (χ3n) is 2.75. The molecule has 0 aromatic heterocycles. The van der Waals surface area contributed by atoms with E-state index in [0.29, 0.717) is 18.4 Å². The van der Waals surface area contributed by atoms with Crippen LogP contribution in [0, 0.1) is 11.8 Å². The van der Waals surface area contributed by atoms with E-state index >= 15 is 0 Å². The first-order chi connectivity index (χ1) is 5.88. The van der Waals surface area contributed by atoms with Crippen LogP contribution in [0.15, 0.2) is 12.7 Å². The van der Waals surface area contributed by atoms with Gasteiger partial charge in [0.1, 0.15) is 0 Å². The van der Waals surface area contributed by atoms with Gasteiger partial charge in [-0.25, -0.2) is 0 Å². The number of aliphatic hydroxyl groups is 1. The van der Waals surface area contributed by atoms with E-state index in [1.807, 2.05) is 6.08 Å². The Bertz CT molecular complexity index is 136. The first-order valence-electron chi connectivity index (χ1n) is 4.81. The second-order valence-electron chi connectivity index (χ2n) is 3.58. The lowest BCUT2D eigenvalue weighted by atomic mass is 9.97. The van der Waals surface area contributed by atoms with Crippen molar-refractivity contribution in [1.82, 2.24) is 5.32 Å². The zero-order chi connectivity index (χ0) is 8.81. The normalized spacial score (nSPS) is 29.1. The maximum atomic E-state index is 9.05. The van der Waals surface area contributed by atoms with Gasteiger partial charge in [0, 0.05) is 13.2 Å². The van der Waals surface area contributed by atoms with E-state index < -0.39 is 0 Å². The minimum Gasteiger partial charge on any atom is -0.396 e. The molecule has 0 radical (unpaired) electrons. The molecule has 1 fully saturated rings. The fraction of sp³-hybridized carbons (Fsp3) is 0.800. The van der Waals surface area contributed by atoms with E-state index in [-0.39, 0.29) is 0 Å². The van der Waals surface area contributed by atoms with Crippen LogP contribution in [0.1, 0.15) is 19.3 Å². The van der Waals surface area contributed by atoms with Gasteiger partial charge < -0.3 is 10.4 Å². The van der Waals surface area contributed by atoms with Crippen LogP contribution in [0.25, 0.3) is 0 Å². The van der Waals surface area contributed by atoms with Crippen molar-refractivity contribution < 1.29 is 5.11 Å². The summed E-state index contributed by atoms with van der Waals surface area (Å²) in [5, 5.41) is 12.4. The van der Waals surface area contributed by atoms with Crippen molar-refractivity contribution in [2.45, 2.75) is 19.3 Å². The van der Waals surface area contributed by atoms with Gasteiger partial charge in [-0.05, 0) is 31.2 Å². The van der Waals surface area contributed by atoms with Crippen LogP contribution < -0.4 is 5.32 Å². The van der Waals surface area contributed by atoms with E-state index in [1.54, 1.807) is 0 Å². The Morgan fingerprint density at radius 3 is 2.83 bits per heavy atom. The summed E-state index contributed by atoms with van der Waals surface area (Å²) in [5.41, 5.74) is 0. The molecule has 0 bridgehead atoms. The Morgan fingerprint density at radius 1 is 1.42 bits per heavy atom. The summed E-state index contributed by atoms with van der Waals surface area (Å²) in [7, 11) is 0. The van der Waals surface area contributed by atoms with Crippen molar-refractivity contribution >= 4 is 0 Å². The lowest BCUT2D eigenvalue weighted by Gasteiger charge is -2.16. The molecule has 70 valence electrons. The standard InChI is InChI=1S/C10H19NO/c1-2-6-11-7-9-4-3-5-10(9)8-12/h2,9-12H,1,3-8H2. The Hall–Kier alpha value is -0.340. The van der Waals surface area contributed by atoms with E-state index in [9.17, 15) is 0 Å². The molecule has 0 aromatic rings. The van der Waals surface area contributed by atoms with Gasteiger partial charge in [-0.3, -0.25) is 0 Å². The first-order valence-corrected chi connectivity index (χ1v) is 4.81. The molecule has 1 aliphatic carbocycles. The SMILES string of the molecule is C=CCNCC1CCCC1CO. The van der Waals surface area contributed by atoms with Crippen LogP contribution in [-0.4, -0.2) is 24.8 Å². The second kappa shape index (κ2) is 5.33. The predicted octanol–water partition coefficient (Wildman–Crippen LogP) is 1.17. The molecule has 1 rings (SSSR count). The molecule has 0 saturated heterocycles. The van der Waals surface area contributed by atoms with E-state index in [0.717, 1.165) is 13.1 Å². The summed E-state index contributed by atoms with van der Waals surface area (Å²) in [6, 6.07) is 0. The third kappa shape index (κ3) is 2.61. The molecule has 2 nitrogen and oxygen atoms in total. The van der Waals surface area contributed by atoms with Crippen LogP contribution >= 0.6 is 0 Å². The van der Waals surface area contributed by atoms with Crippen LogP contribution in [0.5, 0.6) is 0 Å². The predicted molar refractivity (Wildman–Crippen MR) is 51.0 cm³/mol. The summed E-state index contributed by atoms with van der Waals surface area (Å²) in [5.74, 6) is 1.23. The fourth-order valence-electron chi connectivity index (χ4n) is 1.99. The molecule has 1 aliphatic rings. The van der Waals surface area contributed by atoms with Crippen LogP contribution in [0.2, 0.25) is 0 Å². The summed E-state index contributed by atoms with van der Waals surface area (Å²) in [6.45, 7) is 5.94. The minimum absolute atomic E-state index is 0.362. The molecule has 0 spiro atoms. The summed E-state index contributed by atoms with van der Waals surface area (Å²) >= 11 is 0. The maximum absolute atomic E-state index is 9.05. The number of nitrogens with one attached hydrogen (secondary N) is 1. The minimum atomic E-state index is 0.362. The van der Waals surface area contributed by atoms with Gasteiger partial charge >= 0.3 is 0 Å². The highest BCUT2D eigenvalue weighted by Crippen LogP contribution is 2.30. The van der Waals surface area contributed by atoms with E-state index in [1.165, 1.54) is 19.3 Å². The van der Waals surface area contributed by atoms with Gasteiger partial charge in [0.2, 0.25) is 0 Å². The second-order valence-corrected chi connectivity index (χ2v) is 3.58. The molecular weight excluding hydrogens is 150 g/mol. The summed E-state index contributed by atoms with van der Waals surface area (Å²) in [6.07, 6.45) is 5.64. The molecule has 2 heteroatoms. The zero-order valence-corrected chi connectivity index (χ0v) is 7.63. The molecular formula is C10H19NO. The van der Waals surface area contributed by atoms with Gasteiger partial charge in [0.15, 0.2) is 0 Å². The summed E-state index contributed by atoms with van der Waals surface area (Å²) in [4.78, 5) is 0. The van der Waals surface area contributed by atoms with E-state index in [4.69, 9.17) is 5.11 Å². The van der Waals surface area contributed by atoms with Crippen molar-refractivity contribution in [3.05, 3.63) is 12.7 Å². The molecule has 0 aromatic carbocycles. The van der Waals surface area contributed by atoms with Crippen molar-refractivity contribution in [2.24, 2.45) is 11.8 Å². The molecule has 2 N–H and O–H groups in total. The Morgan fingerprint density at radius 2 is 2.17 bits per heavy atom. The number of rotatable bonds is 5. The maximum Gasteiger partial charge on any atom is 0.0462 e. The summed E-state index contributed by atoms with van der Waals surface area (Å²) < 4.78 is 0. The highest BCUT2D eigenvalue weighted by Gasteiger charge is 2.25. The van der Waals surface area contributed by atoms with Gasteiger partial charge in [0.05, 0.1) is 0 Å².